The average Bonchev–Trinajstić information content (AvgIpc) is 3.00. The Morgan fingerprint density at radius 1 is 1.45 bits per heavy atom. The van der Waals surface area contributed by atoms with Crippen LogP contribution in [-0.2, 0) is 14.2 Å². The lowest BCUT2D eigenvalue weighted by molar-refractivity contribution is -0.191. The quantitative estimate of drug-likeness (QED) is 0.849. The van der Waals surface area contributed by atoms with E-state index in [0.717, 1.165) is 5.56 Å². The Morgan fingerprint density at radius 2 is 2.15 bits per heavy atom. The summed E-state index contributed by atoms with van der Waals surface area (Å²) in [4.78, 5) is 0.464. The molecule has 3 N–H and O–H groups in total. The minimum absolute atomic E-state index is 0.147. The summed E-state index contributed by atoms with van der Waals surface area (Å²) in [6.45, 7) is 3.51. The number of nitriles is 1. The van der Waals surface area contributed by atoms with Crippen LogP contribution in [0.1, 0.15) is 30.4 Å². The Bertz CT molecular complexity index is 565. The fourth-order valence-electron chi connectivity index (χ4n) is 2.77. The van der Waals surface area contributed by atoms with Gasteiger partial charge < -0.3 is 25.1 Å². The molecule has 0 radical (unpaired) electrons. The summed E-state index contributed by atoms with van der Waals surface area (Å²) in [5.74, 6) is -0.715. The minimum Gasteiger partial charge on any atom is -0.397 e. The largest absolute Gasteiger partial charge is 0.397 e. The average molecular weight is 296 g/mol. The third-order valence-electron chi connectivity index (χ3n) is 3.60. The maximum atomic E-state index is 9.43. The van der Waals surface area contributed by atoms with E-state index >= 15 is 0 Å². The molecule has 0 bridgehead atoms. The summed E-state index contributed by atoms with van der Waals surface area (Å²) in [5.41, 5.74) is 7.14. The number of thiophene rings is 1. The maximum Gasteiger partial charge on any atom is 0.164 e. The third kappa shape index (κ3) is 2.01. The molecule has 20 heavy (non-hydrogen) atoms. The van der Waals surface area contributed by atoms with Gasteiger partial charge in [0.15, 0.2) is 5.79 Å². The van der Waals surface area contributed by atoms with Crippen molar-refractivity contribution in [2.45, 2.75) is 44.1 Å². The van der Waals surface area contributed by atoms with Gasteiger partial charge in [-0.2, -0.15) is 5.26 Å². The number of hydrogen-bond acceptors (Lipinski definition) is 7. The number of hydrogen-bond donors (Lipinski definition) is 2. The first-order valence-electron chi connectivity index (χ1n) is 6.35. The zero-order valence-electron chi connectivity index (χ0n) is 11.2. The number of nitrogens with two attached hydrogens (primary N) is 1. The summed E-state index contributed by atoms with van der Waals surface area (Å²) >= 11 is 1.28. The van der Waals surface area contributed by atoms with Gasteiger partial charge in [-0.25, -0.2) is 0 Å². The van der Waals surface area contributed by atoms with Gasteiger partial charge in [0.25, 0.3) is 0 Å². The van der Waals surface area contributed by atoms with Gasteiger partial charge in [-0.15, -0.1) is 11.3 Å². The second-order valence-electron chi connectivity index (χ2n) is 5.39. The zero-order chi connectivity index (χ0) is 14.5. The van der Waals surface area contributed by atoms with Crippen molar-refractivity contribution in [3.05, 3.63) is 15.8 Å². The lowest BCUT2D eigenvalue weighted by Crippen LogP contribution is -2.31. The van der Waals surface area contributed by atoms with E-state index < -0.39 is 18.0 Å². The standard InChI is InChI=1S/C13H16N2O4S/c1-13(2)18-11-7(4-16)17-10(12(11)19-13)6-5-20-8(3-14)9(6)15/h5,7,10-12,16H,4,15H2,1-2H3/t7-,10+,11-,12+/m1/s1. The molecule has 1 aromatic rings. The van der Waals surface area contributed by atoms with Crippen LogP contribution in [0.15, 0.2) is 5.38 Å². The molecule has 7 heteroatoms. The molecule has 3 rings (SSSR count). The van der Waals surface area contributed by atoms with Crippen LogP contribution in [0.5, 0.6) is 0 Å². The fourth-order valence-corrected chi connectivity index (χ4v) is 3.57. The van der Waals surface area contributed by atoms with Crippen LogP contribution in [0.25, 0.3) is 0 Å². The molecule has 0 spiro atoms. The zero-order valence-corrected chi connectivity index (χ0v) is 12.0. The maximum absolute atomic E-state index is 9.43. The molecule has 2 aliphatic rings. The van der Waals surface area contributed by atoms with Gasteiger partial charge in [0.05, 0.1) is 12.3 Å². The van der Waals surface area contributed by atoms with Gasteiger partial charge in [0.2, 0.25) is 0 Å². The number of fused-ring (bicyclic) bond motifs is 1. The van der Waals surface area contributed by atoms with E-state index in [1.165, 1.54) is 11.3 Å². The van der Waals surface area contributed by atoms with Crippen LogP contribution < -0.4 is 5.73 Å². The van der Waals surface area contributed by atoms with Crippen molar-refractivity contribution in [1.82, 2.24) is 0 Å². The van der Waals surface area contributed by atoms with Crippen molar-refractivity contribution in [3.63, 3.8) is 0 Å². The second kappa shape index (κ2) is 4.69. The first-order valence-corrected chi connectivity index (χ1v) is 7.23. The van der Waals surface area contributed by atoms with Crippen molar-refractivity contribution < 1.29 is 19.3 Å². The highest BCUT2D eigenvalue weighted by Crippen LogP contribution is 2.47. The molecule has 0 unspecified atom stereocenters. The summed E-state index contributed by atoms with van der Waals surface area (Å²) in [6, 6.07) is 2.06. The molecule has 3 heterocycles. The molecule has 108 valence electrons. The van der Waals surface area contributed by atoms with Gasteiger partial charge in [-0.3, -0.25) is 0 Å². The number of anilines is 1. The van der Waals surface area contributed by atoms with E-state index in [1.54, 1.807) is 0 Å². The molecule has 6 nitrogen and oxygen atoms in total. The second-order valence-corrected chi connectivity index (χ2v) is 6.27. The number of nitrogen functional groups attached to an aromatic ring is 1. The van der Waals surface area contributed by atoms with Crippen molar-refractivity contribution in [2.24, 2.45) is 0 Å². The van der Waals surface area contributed by atoms with Gasteiger partial charge in [-0.1, -0.05) is 0 Å². The number of aliphatic hydroxyl groups is 1. The number of rotatable bonds is 2. The summed E-state index contributed by atoms with van der Waals surface area (Å²) < 4.78 is 17.5. The molecule has 0 amide bonds. The Hall–Kier alpha value is -1.17. The fraction of sp³-hybridized carbons (Fsp3) is 0.615. The van der Waals surface area contributed by atoms with Crippen LogP contribution in [0.2, 0.25) is 0 Å². The summed E-state index contributed by atoms with van der Waals surface area (Å²) in [6.07, 6.45) is -1.52. The van der Waals surface area contributed by atoms with Gasteiger partial charge in [-0.05, 0) is 13.8 Å². The highest BCUT2D eigenvalue weighted by atomic mass is 32.1. The Balaban J connectivity index is 1.94. The monoisotopic (exact) mass is 296 g/mol. The Kier molecular flexibility index (Phi) is 3.23. The van der Waals surface area contributed by atoms with E-state index in [-0.39, 0.29) is 18.8 Å². The highest BCUT2D eigenvalue weighted by Gasteiger charge is 2.55. The normalized spacial score (nSPS) is 34.9. The first-order chi connectivity index (χ1) is 9.46. The number of ether oxygens (including phenoxy) is 3. The van der Waals surface area contributed by atoms with Crippen LogP contribution in [-0.4, -0.2) is 35.8 Å². The van der Waals surface area contributed by atoms with E-state index in [9.17, 15) is 5.11 Å². The molecule has 2 saturated heterocycles. The molecule has 4 atom stereocenters. The first kappa shape index (κ1) is 13.8. The predicted octanol–water partition coefficient (Wildman–Crippen LogP) is 1.15. The van der Waals surface area contributed by atoms with Crippen LogP contribution >= 0.6 is 11.3 Å². The van der Waals surface area contributed by atoms with E-state index in [1.807, 2.05) is 19.2 Å². The van der Waals surface area contributed by atoms with Crippen molar-refractivity contribution in [1.29, 1.82) is 5.26 Å². The number of aliphatic hydroxyl groups excluding tert-OH is 1. The van der Waals surface area contributed by atoms with Crippen molar-refractivity contribution in [3.8, 4) is 6.07 Å². The molecule has 0 saturated carbocycles. The van der Waals surface area contributed by atoms with Gasteiger partial charge in [0, 0.05) is 10.9 Å². The van der Waals surface area contributed by atoms with Crippen molar-refractivity contribution >= 4 is 17.0 Å². The molecule has 2 fully saturated rings. The lowest BCUT2D eigenvalue weighted by atomic mass is 10.0. The van der Waals surface area contributed by atoms with Crippen LogP contribution in [0.4, 0.5) is 5.69 Å². The predicted molar refractivity (Wildman–Crippen MR) is 72.0 cm³/mol. The molecule has 1 aromatic heterocycles. The van der Waals surface area contributed by atoms with Crippen LogP contribution in [0.3, 0.4) is 0 Å². The summed E-state index contributed by atoms with van der Waals surface area (Å²) in [7, 11) is 0. The highest BCUT2D eigenvalue weighted by molar-refractivity contribution is 7.11. The Labute approximate surface area is 120 Å². The molecule has 2 aliphatic heterocycles. The topological polar surface area (TPSA) is 97.7 Å². The van der Waals surface area contributed by atoms with Gasteiger partial charge >= 0.3 is 0 Å². The van der Waals surface area contributed by atoms with Crippen molar-refractivity contribution in [2.75, 3.05) is 12.3 Å². The molecule has 0 aliphatic carbocycles. The minimum atomic E-state index is -0.715. The van der Waals surface area contributed by atoms with E-state index in [4.69, 9.17) is 25.2 Å². The third-order valence-corrected chi connectivity index (χ3v) is 4.52. The molecular formula is C13H16N2O4S. The smallest absolute Gasteiger partial charge is 0.164 e. The summed E-state index contributed by atoms with van der Waals surface area (Å²) in [5, 5.41) is 20.2. The SMILES string of the molecule is CC1(C)O[C@@H]2[C@H](O1)[C@@H](CO)O[C@H]2c1csc(C#N)c1N. The number of nitrogens with zero attached hydrogens (tertiary/aromatic N) is 1. The molecular weight excluding hydrogens is 280 g/mol. The van der Waals surface area contributed by atoms with E-state index in [0.29, 0.717) is 10.6 Å². The molecule has 0 aromatic carbocycles. The van der Waals surface area contributed by atoms with E-state index in [2.05, 4.69) is 6.07 Å². The lowest BCUT2D eigenvalue weighted by Gasteiger charge is -2.23. The van der Waals surface area contributed by atoms with Gasteiger partial charge in [0.1, 0.15) is 35.4 Å². The Morgan fingerprint density at radius 3 is 2.75 bits per heavy atom. The van der Waals surface area contributed by atoms with Crippen LogP contribution in [0, 0.1) is 11.3 Å².